The molecule has 0 N–H and O–H groups in total. The number of benzene rings is 6. The van der Waals surface area contributed by atoms with Gasteiger partial charge in [0, 0.05) is 23.7 Å². The molecule has 2 nitrogen and oxygen atoms in total. The largest absolute Gasteiger partial charge is 0.270 e. The van der Waals surface area contributed by atoms with Crippen molar-refractivity contribution in [2.45, 2.75) is 34.1 Å². The zero-order chi connectivity index (χ0) is 35.1. The van der Waals surface area contributed by atoms with E-state index in [4.69, 9.17) is 4.99 Å². The Morgan fingerprint density at radius 3 is 1.66 bits per heavy atom. The predicted molar refractivity (Wildman–Crippen MR) is 218 cm³/mol. The van der Waals surface area contributed by atoms with E-state index in [1.807, 2.05) is 45.2 Å². The van der Waals surface area contributed by atoms with E-state index in [1.54, 1.807) is 0 Å². The van der Waals surface area contributed by atoms with Gasteiger partial charge in [0.15, 0.2) is 5.84 Å². The van der Waals surface area contributed by atoms with E-state index in [9.17, 15) is 0 Å². The summed E-state index contributed by atoms with van der Waals surface area (Å²) < 4.78 is 0. The Labute approximate surface area is 299 Å². The molecule has 6 aromatic carbocycles. The van der Waals surface area contributed by atoms with Crippen molar-refractivity contribution < 1.29 is 0 Å². The molecule has 0 aliphatic carbocycles. The topological polar surface area (TPSA) is 24.7 Å². The van der Waals surface area contributed by atoms with Crippen LogP contribution in [-0.4, -0.2) is 18.6 Å². The Morgan fingerprint density at radius 1 is 0.520 bits per heavy atom. The number of aliphatic imine (C=N–C) groups is 2. The van der Waals surface area contributed by atoms with Crippen LogP contribution in [0.2, 0.25) is 0 Å². The van der Waals surface area contributed by atoms with Gasteiger partial charge in [-0.15, -0.1) is 0 Å². The second kappa shape index (κ2) is 18.1. The van der Waals surface area contributed by atoms with E-state index in [2.05, 4.69) is 171 Å². The SMILES string of the molecule is C/C=C\C(=C/CC)c1ccc(-c2ccccc2)c(-c2cc(C(=NC(=NC)c3ccccc3)c3ccccc3)cc(-c3ccccc3)c2)c1.CC. The maximum absolute atomic E-state index is 5.30. The summed E-state index contributed by atoms with van der Waals surface area (Å²) in [6.07, 6.45) is 7.57. The molecule has 2 heteroatoms. The molecule has 0 spiro atoms. The van der Waals surface area contributed by atoms with Crippen molar-refractivity contribution in [2.75, 3.05) is 7.05 Å². The highest BCUT2D eigenvalue weighted by molar-refractivity contribution is 6.20. The van der Waals surface area contributed by atoms with Crippen molar-refractivity contribution in [3.05, 3.63) is 198 Å². The van der Waals surface area contributed by atoms with Gasteiger partial charge in [-0.1, -0.05) is 172 Å². The smallest absolute Gasteiger partial charge is 0.154 e. The summed E-state index contributed by atoms with van der Waals surface area (Å²) >= 11 is 0. The minimum Gasteiger partial charge on any atom is -0.270 e. The van der Waals surface area contributed by atoms with Crippen LogP contribution in [0.15, 0.2) is 186 Å². The van der Waals surface area contributed by atoms with E-state index in [0.717, 1.165) is 45.5 Å². The van der Waals surface area contributed by atoms with Gasteiger partial charge < -0.3 is 0 Å². The molecule has 0 heterocycles. The van der Waals surface area contributed by atoms with Crippen molar-refractivity contribution in [3.63, 3.8) is 0 Å². The summed E-state index contributed by atoms with van der Waals surface area (Å²) in [5, 5.41) is 0. The molecule has 50 heavy (non-hydrogen) atoms. The lowest BCUT2D eigenvalue weighted by Crippen LogP contribution is -2.09. The number of rotatable bonds is 9. The van der Waals surface area contributed by atoms with Crippen molar-refractivity contribution in [1.29, 1.82) is 0 Å². The Kier molecular flexibility index (Phi) is 12.8. The Morgan fingerprint density at radius 2 is 1.08 bits per heavy atom. The third-order valence-corrected chi connectivity index (χ3v) is 8.34. The molecule has 0 aliphatic heterocycles. The predicted octanol–water partition coefficient (Wildman–Crippen LogP) is 13.0. The van der Waals surface area contributed by atoms with Crippen LogP contribution in [-0.2, 0) is 0 Å². The first-order chi connectivity index (χ1) is 24.7. The fourth-order valence-electron chi connectivity index (χ4n) is 6.06. The summed E-state index contributed by atoms with van der Waals surface area (Å²) in [5.74, 6) is 0.689. The van der Waals surface area contributed by atoms with E-state index >= 15 is 0 Å². The first-order valence-electron chi connectivity index (χ1n) is 17.6. The minimum atomic E-state index is 0.689. The maximum Gasteiger partial charge on any atom is 0.154 e. The molecule has 6 aromatic rings. The fourth-order valence-corrected chi connectivity index (χ4v) is 6.06. The van der Waals surface area contributed by atoms with Crippen LogP contribution in [0.4, 0.5) is 0 Å². The molecule has 0 aromatic heterocycles. The first kappa shape index (κ1) is 35.4. The van der Waals surface area contributed by atoms with Gasteiger partial charge in [-0.2, -0.15) is 0 Å². The van der Waals surface area contributed by atoms with Crippen LogP contribution in [0.5, 0.6) is 0 Å². The lowest BCUT2D eigenvalue weighted by Gasteiger charge is -2.17. The molecule has 0 radical (unpaired) electrons. The quantitative estimate of drug-likeness (QED) is 0.0845. The number of nitrogens with zero attached hydrogens (tertiary/aromatic N) is 2. The van der Waals surface area contributed by atoms with E-state index in [-0.39, 0.29) is 0 Å². The molecule has 0 amide bonds. The van der Waals surface area contributed by atoms with Crippen LogP contribution >= 0.6 is 0 Å². The second-order valence-electron chi connectivity index (χ2n) is 11.6. The van der Waals surface area contributed by atoms with Crippen molar-refractivity contribution >= 4 is 17.1 Å². The van der Waals surface area contributed by atoms with E-state index in [1.165, 1.54) is 27.8 Å². The molecule has 0 unspecified atom stereocenters. The molecular weight excluding hydrogens is 605 g/mol. The van der Waals surface area contributed by atoms with Gasteiger partial charge >= 0.3 is 0 Å². The number of hydrogen-bond donors (Lipinski definition) is 0. The summed E-state index contributed by atoms with van der Waals surface area (Å²) in [4.78, 5) is 9.94. The van der Waals surface area contributed by atoms with Gasteiger partial charge in [-0.05, 0) is 82.1 Å². The van der Waals surface area contributed by atoms with Gasteiger partial charge in [0.05, 0.1) is 5.71 Å². The maximum atomic E-state index is 5.30. The van der Waals surface area contributed by atoms with Crippen molar-refractivity contribution in [3.8, 4) is 33.4 Å². The third kappa shape index (κ3) is 8.59. The highest BCUT2D eigenvalue weighted by Gasteiger charge is 2.17. The van der Waals surface area contributed by atoms with Crippen LogP contribution in [0, 0.1) is 0 Å². The monoisotopic (exact) mass is 650 g/mol. The highest BCUT2D eigenvalue weighted by Crippen LogP contribution is 2.38. The van der Waals surface area contributed by atoms with E-state index in [0.29, 0.717) is 5.84 Å². The third-order valence-electron chi connectivity index (χ3n) is 8.34. The normalized spacial score (nSPS) is 12.1. The Bertz CT molecular complexity index is 2090. The molecule has 0 bridgehead atoms. The zero-order valence-corrected chi connectivity index (χ0v) is 29.8. The Hall–Kier alpha value is -5.86. The summed E-state index contributed by atoms with van der Waals surface area (Å²) in [6.45, 7) is 8.26. The zero-order valence-electron chi connectivity index (χ0n) is 29.8. The molecule has 0 aliphatic rings. The summed E-state index contributed by atoms with van der Waals surface area (Å²) in [7, 11) is 1.81. The fraction of sp³-hybridized carbons (Fsp3) is 0.125. The average molecular weight is 651 g/mol. The van der Waals surface area contributed by atoms with Crippen LogP contribution in [0.25, 0.3) is 39.0 Å². The molecule has 248 valence electrons. The van der Waals surface area contributed by atoms with E-state index < -0.39 is 0 Å². The highest BCUT2D eigenvalue weighted by atomic mass is 14.9. The molecule has 0 saturated carbocycles. The minimum absolute atomic E-state index is 0.689. The lowest BCUT2D eigenvalue weighted by atomic mass is 9.87. The van der Waals surface area contributed by atoms with Gasteiger partial charge in [0.25, 0.3) is 0 Å². The van der Waals surface area contributed by atoms with Gasteiger partial charge in [0.2, 0.25) is 0 Å². The Balaban J connectivity index is 0.00000239. The van der Waals surface area contributed by atoms with Crippen molar-refractivity contribution in [1.82, 2.24) is 0 Å². The van der Waals surface area contributed by atoms with Crippen LogP contribution in [0.3, 0.4) is 0 Å². The van der Waals surface area contributed by atoms with Crippen molar-refractivity contribution in [2.24, 2.45) is 9.98 Å². The number of amidine groups is 1. The molecule has 0 atom stereocenters. The first-order valence-corrected chi connectivity index (χ1v) is 17.6. The van der Waals surface area contributed by atoms with Gasteiger partial charge in [0.1, 0.15) is 0 Å². The van der Waals surface area contributed by atoms with Crippen LogP contribution in [0.1, 0.15) is 56.4 Å². The van der Waals surface area contributed by atoms with Gasteiger partial charge in [-0.25, -0.2) is 4.99 Å². The van der Waals surface area contributed by atoms with Crippen LogP contribution < -0.4 is 0 Å². The molecule has 0 fully saturated rings. The second-order valence-corrected chi connectivity index (χ2v) is 11.6. The summed E-state index contributed by atoms with van der Waals surface area (Å²) in [5.41, 5.74) is 13.3. The summed E-state index contributed by atoms with van der Waals surface area (Å²) in [6, 6.07) is 55.6. The number of hydrogen-bond acceptors (Lipinski definition) is 1. The van der Waals surface area contributed by atoms with Gasteiger partial charge in [-0.3, -0.25) is 4.99 Å². The average Bonchev–Trinajstić information content (AvgIpc) is 3.20. The molecular formula is C48H46N2. The lowest BCUT2D eigenvalue weighted by molar-refractivity contribution is 1.23. The molecule has 6 rings (SSSR count). The standard InChI is InChI=1S/C46H40N2.C2H6/c1-4-18-34(19-5-2)39-28-29-43(36-22-12-7-13-23-36)44(33-39)41-30-40(35-20-10-6-11-21-35)31-42(32-41)45(37-24-14-8-15-25-37)48-46(47-3)38-26-16-9-17-27-38;1-2/h4,6-33H,5H2,1-3H3;1-2H3/b18-4-,34-19+,47-46?,48-45?;. The number of allylic oxidation sites excluding steroid dienone is 4. The molecule has 0 saturated heterocycles.